The molecule has 1 heterocycles. The first-order chi connectivity index (χ1) is 18.9. The van der Waals surface area contributed by atoms with Crippen LogP contribution in [0.5, 0.6) is 0 Å². The molecule has 3 heteroatoms. The fourth-order valence-electron chi connectivity index (χ4n) is 3.41. The number of imidazole rings is 1. The Morgan fingerprint density at radius 2 is 1.53 bits per heavy atom. The van der Waals surface area contributed by atoms with Crippen LogP contribution in [0.3, 0.4) is 0 Å². The van der Waals surface area contributed by atoms with Crippen LogP contribution in [-0.2, 0) is 20.1 Å². The van der Waals surface area contributed by atoms with E-state index < -0.39 is 39.2 Å². The van der Waals surface area contributed by atoms with Gasteiger partial charge in [0.2, 0.25) is 0 Å². The van der Waals surface area contributed by atoms with E-state index in [0.717, 1.165) is 0 Å². The molecular weight excluding hydrogens is 545 g/mol. The van der Waals surface area contributed by atoms with Crippen LogP contribution in [0, 0.1) is 6.07 Å². The van der Waals surface area contributed by atoms with Crippen LogP contribution in [0.25, 0.3) is 28.2 Å². The summed E-state index contributed by atoms with van der Waals surface area (Å²) in [6.07, 6.45) is 2.81. The number of nitrogens with zero attached hydrogens (tertiary/aromatic N) is 2. The summed E-state index contributed by atoms with van der Waals surface area (Å²) in [6.45, 7) is -12.3. The van der Waals surface area contributed by atoms with Gasteiger partial charge in [-0.15, -0.1) is 35.9 Å². The van der Waals surface area contributed by atoms with Crippen molar-refractivity contribution in [2.45, 2.75) is 39.2 Å². The first-order valence-electron chi connectivity index (χ1n) is 15.1. The molecule has 1 radical (unpaired) electrons. The Bertz CT molecular complexity index is 1410. The van der Waals surface area contributed by atoms with E-state index in [1.165, 1.54) is 29.1 Å². The molecule has 155 valence electrons. The first kappa shape index (κ1) is 11.2. The van der Waals surface area contributed by atoms with Crippen LogP contribution >= 0.6 is 0 Å². The molecule has 0 aliphatic heterocycles. The number of aromatic nitrogens is 2. The second-order valence-corrected chi connectivity index (χ2v) is 6.63. The van der Waals surface area contributed by atoms with Gasteiger partial charge >= 0.3 is 0 Å². The molecule has 0 saturated heterocycles. The van der Waals surface area contributed by atoms with Gasteiger partial charge in [0.15, 0.2) is 0 Å². The predicted molar refractivity (Wildman–Crippen MR) is 121 cm³/mol. The second-order valence-electron chi connectivity index (χ2n) is 6.63. The Balaban J connectivity index is 0.00000484. The zero-order chi connectivity index (χ0) is 30.4. The standard InChI is InChI=1S/C27H27N2.Ir/c1-19(2)24-17-23(21-11-7-5-8-12-21)18-25(20(3)4)26(24)29-16-15-28-27(29)22-13-9-6-10-14-22;/h5-13,15-20H,1-4H3;/q-1;/i1D3,2D3,3D3,4D3;. The zero-order valence-corrected chi connectivity index (χ0v) is 18.3. The van der Waals surface area contributed by atoms with Crippen LogP contribution in [0.2, 0.25) is 0 Å². The van der Waals surface area contributed by atoms with E-state index in [9.17, 15) is 0 Å². The van der Waals surface area contributed by atoms with Crippen molar-refractivity contribution in [1.29, 1.82) is 0 Å². The molecule has 0 saturated carbocycles. The largest absolute Gasteiger partial charge is 0.340 e. The van der Waals surface area contributed by atoms with Crippen LogP contribution in [0.4, 0.5) is 0 Å². The number of hydrogen-bond donors (Lipinski definition) is 0. The minimum atomic E-state index is -3.07. The number of hydrogen-bond acceptors (Lipinski definition) is 1. The van der Waals surface area contributed by atoms with Gasteiger partial charge in [-0.3, -0.25) is 4.98 Å². The van der Waals surface area contributed by atoms with Gasteiger partial charge in [0.05, 0.1) is 5.82 Å². The minimum Gasteiger partial charge on any atom is -0.340 e. The van der Waals surface area contributed by atoms with Crippen molar-refractivity contribution in [2.24, 2.45) is 0 Å². The summed E-state index contributed by atoms with van der Waals surface area (Å²) >= 11 is 0. The normalized spacial score (nSPS) is 18.6. The molecule has 2 nitrogen and oxygen atoms in total. The zero-order valence-electron chi connectivity index (χ0n) is 27.9. The third-order valence-corrected chi connectivity index (χ3v) is 4.73. The molecule has 0 spiro atoms. The van der Waals surface area contributed by atoms with E-state index in [0.29, 0.717) is 11.1 Å². The molecule has 4 rings (SSSR count). The molecule has 0 aliphatic rings. The molecule has 0 bridgehead atoms. The predicted octanol–water partition coefficient (Wildman–Crippen LogP) is 7.25. The molecule has 3 aromatic carbocycles. The van der Waals surface area contributed by atoms with Gasteiger partial charge in [0, 0.05) is 54.6 Å². The summed E-state index contributed by atoms with van der Waals surface area (Å²) in [7, 11) is 0. The Morgan fingerprint density at radius 3 is 2.13 bits per heavy atom. The molecule has 0 unspecified atom stereocenters. The third-order valence-electron chi connectivity index (χ3n) is 4.73. The maximum atomic E-state index is 8.24. The molecule has 0 N–H and O–H groups in total. The van der Waals surface area contributed by atoms with Gasteiger partial charge in [0.25, 0.3) is 0 Å². The Kier molecular flexibility index (Phi) is 3.57. The van der Waals surface area contributed by atoms with Crippen molar-refractivity contribution in [3.63, 3.8) is 0 Å². The van der Waals surface area contributed by atoms with Crippen LogP contribution in [-0.4, -0.2) is 9.55 Å². The van der Waals surface area contributed by atoms with E-state index in [2.05, 4.69) is 11.1 Å². The minimum absolute atomic E-state index is 0. The smallest absolute Gasteiger partial charge is 0.0602 e. The molecular formula is C27H27IrN2-. The van der Waals surface area contributed by atoms with E-state index in [1.807, 2.05) is 0 Å². The van der Waals surface area contributed by atoms with Crippen molar-refractivity contribution in [2.75, 3.05) is 0 Å². The summed E-state index contributed by atoms with van der Waals surface area (Å²) in [5.74, 6) is -3.97. The quantitative estimate of drug-likeness (QED) is 0.226. The first-order valence-corrected chi connectivity index (χ1v) is 9.15. The van der Waals surface area contributed by atoms with Crippen LogP contribution in [0.15, 0.2) is 79.1 Å². The average Bonchev–Trinajstić information content (AvgIpc) is 3.31. The van der Waals surface area contributed by atoms with E-state index in [4.69, 9.17) is 16.4 Å². The fraction of sp³-hybridized carbons (Fsp3) is 0.222. The maximum Gasteiger partial charge on any atom is 0.0602 e. The Morgan fingerprint density at radius 1 is 0.867 bits per heavy atom. The van der Waals surface area contributed by atoms with Crippen molar-refractivity contribution < 1.29 is 36.6 Å². The SMILES string of the molecule is [2H]C([2H])([2H])C(c1cc(-c2ccccc2)cc(C(C([2H])([2H])[2H])C([2H])([2H])[2H])c1-n1ccnc1-c1[c-]cccc1)C([2H])([2H])[2H].[Ir]. The van der Waals surface area contributed by atoms with Crippen molar-refractivity contribution in [1.82, 2.24) is 9.55 Å². The van der Waals surface area contributed by atoms with Crippen LogP contribution < -0.4 is 0 Å². The Labute approximate surface area is 210 Å². The van der Waals surface area contributed by atoms with E-state index in [1.54, 1.807) is 54.6 Å². The van der Waals surface area contributed by atoms with E-state index in [-0.39, 0.29) is 48.3 Å². The molecule has 0 amide bonds. The van der Waals surface area contributed by atoms with Gasteiger partial charge in [-0.05, 0) is 46.2 Å². The van der Waals surface area contributed by atoms with E-state index >= 15 is 0 Å². The summed E-state index contributed by atoms with van der Waals surface area (Å²) in [4.78, 5) is 4.36. The molecule has 4 aromatic rings. The van der Waals surface area contributed by atoms with Gasteiger partial charge in [-0.2, -0.15) is 0 Å². The summed E-state index contributed by atoms with van der Waals surface area (Å²) in [5, 5.41) is 0. The third kappa shape index (κ3) is 4.33. The fourth-order valence-corrected chi connectivity index (χ4v) is 3.41. The number of rotatable bonds is 5. The van der Waals surface area contributed by atoms with Gasteiger partial charge < -0.3 is 4.57 Å². The maximum absolute atomic E-state index is 8.24. The molecule has 30 heavy (non-hydrogen) atoms. The monoisotopic (exact) mass is 584 g/mol. The van der Waals surface area contributed by atoms with Gasteiger partial charge in [-0.1, -0.05) is 57.7 Å². The van der Waals surface area contributed by atoms with Gasteiger partial charge in [0.1, 0.15) is 0 Å². The summed E-state index contributed by atoms with van der Waals surface area (Å²) < 4.78 is 100. The molecule has 0 atom stereocenters. The van der Waals surface area contributed by atoms with Gasteiger partial charge in [-0.25, -0.2) is 0 Å². The number of benzene rings is 3. The molecule has 0 aliphatic carbocycles. The van der Waals surface area contributed by atoms with Crippen molar-refractivity contribution >= 4 is 0 Å². The summed E-state index contributed by atoms with van der Waals surface area (Å²) in [5.41, 5.74) is 0.604. The van der Waals surface area contributed by atoms with Crippen molar-refractivity contribution in [3.8, 4) is 28.2 Å². The average molecular weight is 584 g/mol. The topological polar surface area (TPSA) is 17.8 Å². The molecule has 0 fully saturated rings. The molecule has 1 aromatic heterocycles. The van der Waals surface area contributed by atoms with Crippen LogP contribution in [0.1, 0.15) is 66.8 Å². The second kappa shape index (κ2) is 9.55. The van der Waals surface area contributed by atoms with Crippen molar-refractivity contribution in [3.05, 3.63) is 96.3 Å². The Hall–Kier alpha value is -2.48. The summed E-state index contributed by atoms with van der Waals surface area (Å²) in [6, 6.07) is 21.1.